The number of nitrogens with zero attached hydrogens (tertiary/aromatic N) is 2. The van der Waals surface area contributed by atoms with E-state index in [0.717, 1.165) is 83.0 Å². The fraction of sp³-hybridized carbons (Fsp3) is 0.667. The Hall–Kier alpha value is -1.34. The summed E-state index contributed by atoms with van der Waals surface area (Å²) in [6.07, 6.45) is 1.88. The van der Waals surface area contributed by atoms with Gasteiger partial charge in [-0.05, 0) is 31.4 Å². The van der Waals surface area contributed by atoms with Gasteiger partial charge in [0, 0.05) is 56.4 Å². The van der Waals surface area contributed by atoms with Crippen molar-refractivity contribution in [1.29, 1.82) is 0 Å². The third-order valence-corrected chi connectivity index (χ3v) is 5.93. The van der Waals surface area contributed by atoms with Crippen LogP contribution in [0.3, 0.4) is 0 Å². The molecule has 0 aromatic heterocycles. The topological polar surface area (TPSA) is 58.1 Å². The smallest absolute Gasteiger partial charge is 0.191 e. The average molecular weight is 409 g/mol. The zero-order chi connectivity index (χ0) is 19.7. The zero-order valence-corrected chi connectivity index (χ0v) is 17.6. The first-order valence-corrected chi connectivity index (χ1v) is 10.8. The standard InChI is InChI=1S/C21H33ClN4O2/c1-2-23-20(24-9-10-26-11-15-28-16-12-26)25-17-21(7-13-27-14-8-21)18-5-3-4-6-19(18)22/h3-6H,2,7-17H2,1H3,(H2,23,24,25). The summed E-state index contributed by atoms with van der Waals surface area (Å²) in [6, 6.07) is 8.17. The van der Waals surface area contributed by atoms with Gasteiger partial charge in [0.15, 0.2) is 5.96 Å². The molecule has 28 heavy (non-hydrogen) atoms. The number of ether oxygens (including phenoxy) is 2. The highest BCUT2D eigenvalue weighted by atomic mass is 35.5. The number of hydrogen-bond acceptors (Lipinski definition) is 4. The fourth-order valence-electron chi connectivity index (χ4n) is 3.90. The molecule has 2 N–H and O–H groups in total. The lowest BCUT2D eigenvalue weighted by Crippen LogP contribution is -2.45. The molecule has 0 spiro atoms. The van der Waals surface area contributed by atoms with Gasteiger partial charge in [-0.15, -0.1) is 0 Å². The van der Waals surface area contributed by atoms with E-state index in [2.05, 4.69) is 34.6 Å². The molecule has 7 heteroatoms. The number of guanidine groups is 1. The summed E-state index contributed by atoms with van der Waals surface area (Å²) in [7, 11) is 0. The maximum atomic E-state index is 6.56. The van der Waals surface area contributed by atoms with Gasteiger partial charge in [0.2, 0.25) is 0 Å². The minimum Gasteiger partial charge on any atom is -0.381 e. The van der Waals surface area contributed by atoms with Gasteiger partial charge >= 0.3 is 0 Å². The molecule has 0 saturated carbocycles. The van der Waals surface area contributed by atoms with E-state index in [9.17, 15) is 0 Å². The van der Waals surface area contributed by atoms with Gasteiger partial charge in [0.05, 0.1) is 19.8 Å². The lowest BCUT2D eigenvalue weighted by Gasteiger charge is -2.37. The molecule has 0 unspecified atom stereocenters. The molecule has 1 aromatic carbocycles. The number of benzene rings is 1. The molecule has 0 amide bonds. The summed E-state index contributed by atoms with van der Waals surface area (Å²) >= 11 is 6.56. The third kappa shape index (κ3) is 5.83. The van der Waals surface area contributed by atoms with E-state index >= 15 is 0 Å². The molecule has 0 radical (unpaired) electrons. The van der Waals surface area contributed by atoms with E-state index in [-0.39, 0.29) is 5.41 Å². The van der Waals surface area contributed by atoms with Crippen LogP contribution in [0.25, 0.3) is 0 Å². The first-order chi connectivity index (χ1) is 13.7. The Morgan fingerprint density at radius 3 is 2.54 bits per heavy atom. The number of aliphatic imine (C=N–C) groups is 1. The predicted molar refractivity (Wildman–Crippen MR) is 114 cm³/mol. The van der Waals surface area contributed by atoms with Crippen molar-refractivity contribution in [1.82, 2.24) is 15.5 Å². The molecule has 3 rings (SSSR count). The van der Waals surface area contributed by atoms with Gasteiger partial charge in [-0.3, -0.25) is 9.89 Å². The number of hydrogen-bond donors (Lipinski definition) is 2. The van der Waals surface area contributed by atoms with E-state index in [0.29, 0.717) is 6.54 Å². The van der Waals surface area contributed by atoms with Crippen molar-refractivity contribution >= 4 is 17.6 Å². The van der Waals surface area contributed by atoms with Crippen LogP contribution in [0.15, 0.2) is 29.3 Å². The third-order valence-electron chi connectivity index (χ3n) is 5.60. The van der Waals surface area contributed by atoms with Gasteiger partial charge in [-0.25, -0.2) is 0 Å². The summed E-state index contributed by atoms with van der Waals surface area (Å²) in [5.74, 6) is 0.869. The van der Waals surface area contributed by atoms with Crippen LogP contribution in [0.1, 0.15) is 25.3 Å². The van der Waals surface area contributed by atoms with Gasteiger partial charge in [-0.2, -0.15) is 0 Å². The monoisotopic (exact) mass is 408 g/mol. The summed E-state index contributed by atoms with van der Waals surface area (Å²) in [5.41, 5.74) is 1.12. The molecule has 2 fully saturated rings. The maximum Gasteiger partial charge on any atom is 0.191 e. The van der Waals surface area contributed by atoms with Crippen molar-refractivity contribution in [2.45, 2.75) is 25.2 Å². The lowest BCUT2D eigenvalue weighted by molar-refractivity contribution is 0.0389. The van der Waals surface area contributed by atoms with Crippen molar-refractivity contribution in [2.75, 3.05) is 65.7 Å². The van der Waals surface area contributed by atoms with Crippen LogP contribution in [0.2, 0.25) is 5.02 Å². The number of rotatable bonds is 7. The summed E-state index contributed by atoms with van der Waals surface area (Å²) in [6.45, 7) is 10.7. The first-order valence-electron chi connectivity index (χ1n) is 10.4. The maximum absolute atomic E-state index is 6.56. The van der Waals surface area contributed by atoms with E-state index in [1.807, 2.05) is 12.1 Å². The number of nitrogens with one attached hydrogen (secondary N) is 2. The van der Waals surface area contributed by atoms with E-state index < -0.39 is 0 Å². The molecule has 156 valence electrons. The highest BCUT2D eigenvalue weighted by Crippen LogP contribution is 2.38. The molecule has 2 aliphatic heterocycles. The molecule has 2 heterocycles. The van der Waals surface area contributed by atoms with Crippen LogP contribution < -0.4 is 10.6 Å². The second-order valence-corrected chi connectivity index (χ2v) is 7.86. The van der Waals surface area contributed by atoms with E-state index in [1.54, 1.807) is 0 Å². The average Bonchev–Trinajstić information content (AvgIpc) is 2.74. The molecule has 0 aliphatic carbocycles. The SMILES string of the molecule is CCNC(=NCC1(c2ccccc2Cl)CCOCC1)NCCN1CCOCC1. The van der Waals surface area contributed by atoms with Crippen molar-refractivity contribution < 1.29 is 9.47 Å². The molecule has 2 saturated heterocycles. The van der Waals surface area contributed by atoms with Crippen LogP contribution >= 0.6 is 11.6 Å². The van der Waals surface area contributed by atoms with Crippen molar-refractivity contribution in [3.05, 3.63) is 34.9 Å². The molecule has 6 nitrogen and oxygen atoms in total. The predicted octanol–water partition coefficient (Wildman–Crippen LogP) is 2.28. The van der Waals surface area contributed by atoms with Crippen LogP contribution in [-0.2, 0) is 14.9 Å². The molecule has 1 aromatic rings. The second-order valence-electron chi connectivity index (χ2n) is 7.45. The Kier molecular flexibility index (Phi) is 8.40. The van der Waals surface area contributed by atoms with Crippen molar-refractivity contribution in [3.8, 4) is 0 Å². The Morgan fingerprint density at radius 2 is 1.82 bits per heavy atom. The molecular weight excluding hydrogens is 376 g/mol. The highest BCUT2D eigenvalue weighted by Gasteiger charge is 2.36. The Morgan fingerprint density at radius 1 is 1.11 bits per heavy atom. The first kappa shape index (κ1) is 21.4. The fourth-order valence-corrected chi connectivity index (χ4v) is 4.23. The second kappa shape index (κ2) is 11.0. The highest BCUT2D eigenvalue weighted by molar-refractivity contribution is 6.31. The quantitative estimate of drug-likeness (QED) is 0.535. The Labute approximate surface area is 173 Å². The zero-order valence-electron chi connectivity index (χ0n) is 16.9. The summed E-state index contributed by atoms with van der Waals surface area (Å²) < 4.78 is 11.0. The summed E-state index contributed by atoms with van der Waals surface area (Å²) in [4.78, 5) is 7.37. The molecular formula is C21H33ClN4O2. The number of halogens is 1. The van der Waals surface area contributed by atoms with Gasteiger partial charge in [-0.1, -0.05) is 29.8 Å². The van der Waals surface area contributed by atoms with Crippen LogP contribution in [-0.4, -0.2) is 76.6 Å². The minimum atomic E-state index is -0.0663. The molecule has 0 atom stereocenters. The number of morpholine rings is 1. The Bertz CT molecular complexity index is 629. The van der Waals surface area contributed by atoms with Crippen molar-refractivity contribution in [2.24, 2.45) is 4.99 Å². The lowest BCUT2D eigenvalue weighted by atomic mass is 9.74. The van der Waals surface area contributed by atoms with Gasteiger partial charge in [0.25, 0.3) is 0 Å². The largest absolute Gasteiger partial charge is 0.381 e. The minimum absolute atomic E-state index is 0.0663. The van der Waals surface area contributed by atoms with Crippen LogP contribution in [0.5, 0.6) is 0 Å². The normalized spacial score (nSPS) is 20.7. The van der Waals surface area contributed by atoms with Gasteiger partial charge < -0.3 is 20.1 Å². The molecule has 2 aliphatic rings. The Balaban J connectivity index is 1.65. The van der Waals surface area contributed by atoms with Crippen molar-refractivity contribution in [3.63, 3.8) is 0 Å². The summed E-state index contributed by atoms with van der Waals surface area (Å²) in [5, 5.41) is 7.68. The van der Waals surface area contributed by atoms with Crippen LogP contribution in [0, 0.1) is 0 Å². The van der Waals surface area contributed by atoms with Crippen LogP contribution in [0.4, 0.5) is 0 Å². The van der Waals surface area contributed by atoms with Gasteiger partial charge in [0.1, 0.15) is 0 Å². The molecule has 0 bridgehead atoms. The van der Waals surface area contributed by atoms with E-state index in [1.165, 1.54) is 5.56 Å². The van der Waals surface area contributed by atoms with E-state index in [4.69, 9.17) is 26.1 Å².